The molecule has 0 aromatic heterocycles. The van der Waals surface area contributed by atoms with Crippen LogP contribution in [0.15, 0.2) is 38.7 Å². The molecule has 1 atom stereocenters. The van der Waals surface area contributed by atoms with Crippen molar-refractivity contribution in [2.24, 2.45) is 15.4 Å². The van der Waals surface area contributed by atoms with Crippen molar-refractivity contribution in [2.75, 3.05) is 19.6 Å². The summed E-state index contributed by atoms with van der Waals surface area (Å²) in [6.45, 7) is 7.89. The molecule has 0 N–H and O–H groups in total. The van der Waals surface area contributed by atoms with Gasteiger partial charge in [0.25, 0.3) is 10.0 Å². The van der Waals surface area contributed by atoms with E-state index in [1.807, 2.05) is 25.0 Å². The van der Waals surface area contributed by atoms with E-state index in [1.165, 1.54) is 6.07 Å². The molecule has 8 heteroatoms. The van der Waals surface area contributed by atoms with Gasteiger partial charge in [0.05, 0.1) is 11.6 Å². The molecule has 24 heavy (non-hydrogen) atoms. The lowest BCUT2D eigenvalue weighted by atomic mass is 10.1. The summed E-state index contributed by atoms with van der Waals surface area (Å²) < 4.78 is 29.5. The van der Waals surface area contributed by atoms with E-state index < -0.39 is 10.0 Å². The molecule has 0 spiro atoms. The molecular formula is C16H23ClN4O2S. The number of rotatable bonds is 5. The second-order valence-electron chi connectivity index (χ2n) is 5.48. The monoisotopic (exact) mass is 370 g/mol. The lowest BCUT2D eigenvalue weighted by Gasteiger charge is -2.28. The fourth-order valence-corrected chi connectivity index (χ4v) is 3.96. The first-order valence-electron chi connectivity index (χ1n) is 8.09. The van der Waals surface area contributed by atoms with E-state index in [4.69, 9.17) is 11.6 Å². The van der Waals surface area contributed by atoms with Crippen molar-refractivity contribution in [2.45, 2.75) is 32.1 Å². The summed E-state index contributed by atoms with van der Waals surface area (Å²) in [5.41, 5.74) is 0. The summed E-state index contributed by atoms with van der Waals surface area (Å²) >= 11 is 6.04. The van der Waals surface area contributed by atoms with Gasteiger partial charge in [-0.25, -0.2) is 5.01 Å². The van der Waals surface area contributed by atoms with E-state index >= 15 is 0 Å². The van der Waals surface area contributed by atoms with Crippen molar-refractivity contribution in [3.63, 3.8) is 0 Å². The average Bonchev–Trinajstić information content (AvgIpc) is 3.04. The van der Waals surface area contributed by atoms with Crippen LogP contribution in [0.5, 0.6) is 0 Å². The number of hydrogen-bond acceptors (Lipinski definition) is 3. The van der Waals surface area contributed by atoms with Crippen molar-refractivity contribution in [1.29, 1.82) is 0 Å². The summed E-state index contributed by atoms with van der Waals surface area (Å²) in [7, 11) is -3.92. The molecule has 0 saturated heterocycles. The van der Waals surface area contributed by atoms with E-state index in [2.05, 4.69) is 16.4 Å². The molecular weight excluding hydrogens is 348 g/mol. The fraction of sp³-hybridized carbons (Fsp3) is 0.500. The highest BCUT2D eigenvalue weighted by molar-refractivity contribution is 7.90. The van der Waals surface area contributed by atoms with Gasteiger partial charge >= 0.3 is 0 Å². The standard InChI is InChI=1S/C16H23ClN4O2S/c1-4-13-11-18-21(12-13)16(20(5-2)6-3)19-24(22,23)15-10-8-7-9-14(15)17/h7-11,13H,4-6,12H2,1-3H3/b19-16+. The summed E-state index contributed by atoms with van der Waals surface area (Å²) in [4.78, 5) is 1.88. The zero-order valence-electron chi connectivity index (χ0n) is 14.2. The van der Waals surface area contributed by atoms with Crippen LogP contribution in [0.25, 0.3) is 0 Å². The van der Waals surface area contributed by atoms with Gasteiger partial charge < -0.3 is 4.90 Å². The highest BCUT2D eigenvalue weighted by Crippen LogP contribution is 2.24. The van der Waals surface area contributed by atoms with Gasteiger partial charge in [0.1, 0.15) is 4.90 Å². The molecule has 1 aliphatic heterocycles. The molecule has 0 radical (unpaired) electrons. The first kappa shape index (κ1) is 18.7. The highest BCUT2D eigenvalue weighted by atomic mass is 35.5. The van der Waals surface area contributed by atoms with Crippen LogP contribution < -0.4 is 0 Å². The molecule has 1 heterocycles. The van der Waals surface area contributed by atoms with Crippen LogP contribution in [0.1, 0.15) is 27.2 Å². The van der Waals surface area contributed by atoms with Gasteiger partial charge in [-0.3, -0.25) is 0 Å². The summed E-state index contributed by atoms with van der Waals surface area (Å²) in [6, 6.07) is 6.32. The van der Waals surface area contributed by atoms with Crippen LogP contribution in [0.2, 0.25) is 5.02 Å². The number of benzene rings is 1. The topological polar surface area (TPSA) is 65.3 Å². The summed E-state index contributed by atoms with van der Waals surface area (Å²) in [5, 5.41) is 6.17. The lowest BCUT2D eigenvalue weighted by molar-refractivity contribution is 0.344. The number of hydrazone groups is 1. The average molecular weight is 371 g/mol. The Bertz CT molecular complexity index is 729. The van der Waals surface area contributed by atoms with E-state index in [0.717, 1.165) is 6.42 Å². The highest BCUT2D eigenvalue weighted by Gasteiger charge is 2.27. The third kappa shape index (κ3) is 4.08. The minimum atomic E-state index is -3.92. The van der Waals surface area contributed by atoms with Gasteiger partial charge in [-0.05, 0) is 32.4 Å². The van der Waals surface area contributed by atoms with Crippen LogP contribution >= 0.6 is 11.6 Å². The molecule has 0 bridgehead atoms. The number of nitrogens with zero attached hydrogens (tertiary/aromatic N) is 4. The Balaban J connectivity index is 2.45. The first-order valence-corrected chi connectivity index (χ1v) is 9.90. The third-order valence-corrected chi connectivity index (χ3v) is 5.70. The number of hydrogen-bond donors (Lipinski definition) is 0. The molecule has 132 valence electrons. The van der Waals surface area contributed by atoms with Gasteiger partial charge in [0.2, 0.25) is 5.96 Å². The number of guanidine groups is 1. The zero-order valence-corrected chi connectivity index (χ0v) is 15.8. The molecule has 1 unspecified atom stereocenters. The van der Waals surface area contributed by atoms with Crippen molar-refractivity contribution in [3.05, 3.63) is 29.3 Å². The lowest BCUT2D eigenvalue weighted by Crippen LogP contribution is -2.42. The molecule has 1 aliphatic rings. The minimum absolute atomic E-state index is 0.00606. The molecule has 2 rings (SSSR count). The maximum Gasteiger partial charge on any atom is 0.287 e. The van der Waals surface area contributed by atoms with Gasteiger partial charge in [-0.1, -0.05) is 30.7 Å². The van der Waals surface area contributed by atoms with E-state index in [0.29, 0.717) is 31.5 Å². The molecule has 0 saturated carbocycles. The van der Waals surface area contributed by atoms with Gasteiger partial charge in [0, 0.05) is 25.2 Å². The van der Waals surface area contributed by atoms with Crippen LogP contribution in [-0.4, -0.2) is 50.1 Å². The summed E-state index contributed by atoms with van der Waals surface area (Å²) in [5.74, 6) is 0.640. The van der Waals surface area contributed by atoms with Crippen molar-refractivity contribution < 1.29 is 8.42 Å². The molecule has 0 aliphatic carbocycles. The van der Waals surface area contributed by atoms with E-state index in [1.54, 1.807) is 23.2 Å². The predicted octanol–water partition coefficient (Wildman–Crippen LogP) is 3.05. The van der Waals surface area contributed by atoms with Crippen molar-refractivity contribution in [3.8, 4) is 0 Å². The number of sulfonamides is 1. The minimum Gasteiger partial charge on any atom is -0.341 e. The second-order valence-corrected chi connectivity index (χ2v) is 7.46. The second kappa shape index (κ2) is 7.98. The maximum absolute atomic E-state index is 12.7. The normalized spacial score (nSPS) is 18.2. The van der Waals surface area contributed by atoms with Gasteiger partial charge in [0.15, 0.2) is 0 Å². The van der Waals surface area contributed by atoms with Gasteiger partial charge in [-0.15, -0.1) is 4.40 Å². The van der Waals surface area contributed by atoms with Crippen LogP contribution in [0.3, 0.4) is 0 Å². The molecule has 0 fully saturated rings. The fourth-order valence-electron chi connectivity index (χ4n) is 2.44. The quantitative estimate of drug-likeness (QED) is 0.590. The molecule has 6 nitrogen and oxygen atoms in total. The third-order valence-electron chi connectivity index (χ3n) is 3.94. The molecule has 1 aromatic rings. The van der Waals surface area contributed by atoms with Crippen molar-refractivity contribution in [1.82, 2.24) is 9.91 Å². The first-order chi connectivity index (χ1) is 11.4. The van der Waals surface area contributed by atoms with Crippen LogP contribution in [0, 0.1) is 5.92 Å². The van der Waals surface area contributed by atoms with Gasteiger partial charge in [-0.2, -0.15) is 13.5 Å². The number of halogens is 1. The summed E-state index contributed by atoms with van der Waals surface area (Å²) in [6.07, 6.45) is 2.80. The smallest absolute Gasteiger partial charge is 0.287 e. The Kier molecular flexibility index (Phi) is 6.23. The van der Waals surface area contributed by atoms with Crippen LogP contribution in [0.4, 0.5) is 0 Å². The Hall–Kier alpha value is -1.60. The SMILES string of the molecule is CCC1C=NN(/C(=N/S(=O)(=O)c2ccccc2Cl)N(CC)CC)C1. The van der Waals surface area contributed by atoms with E-state index in [-0.39, 0.29) is 9.92 Å². The Morgan fingerprint density at radius 3 is 2.54 bits per heavy atom. The zero-order chi connectivity index (χ0) is 17.7. The molecule has 0 amide bonds. The Morgan fingerprint density at radius 2 is 2.00 bits per heavy atom. The Morgan fingerprint density at radius 1 is 1.33 bits per heavy atom. The molecule has 1 aromatic carbocycles. The van der Waals surface area contributed by atoms with Crippen molar-refractivity contribution >= 4 is 33.8 Å². The van der Waals surface area contributed by atoms with E-state index in [9.17, 15) is 8.42 Å². The Labute approximate surface area is 148 Å². The van der Waals surface area contributed by atoms with Crippen LogP contribution in [-0.2, 0) is 10.0 Å². The maximum atomic E-state index is 12.7. The largest absolute Gasteiger partial charge is 0.341 e. The predicted molar refractivity (Wildman–Crippen MR) is 98.0 cm³/mol.